The van der Waals surface area contributed by atoms with Gasteiger partial charge in [-0.05, 0) is 29.8 Å². The second-order valence-electron chi connectivity index (χ2n) is 5.44. The van der Waals surface area contributed by atoms with Crippen LogP contribution in [0.4, 0.5) is 4.39 Å². The van der Waals surface area contributed by atoms with Crippen molar-refractivity contribution in [3.8, 4) is 0 Å². The molecule has 0 aliphatic rings. The molecule has 0 atom stereocenters. The minimum atomic E-state index is -0.571. The van der Waals surface area contributed by atoms with Crippen LogP contribution in [0.1, 0.15) is 5.56 Å². The summed E-state index contributed by atoms with van der Waals surface area (Å²) < 4.78 is 20.8. The number of para-hydroxylation sites is 1. The molecule has 5 nitrogen and oxygen atoms in total. The molecular formula is C19H14ClFN2O3S. The van der Waals surface area contributed by atoms with Gasteiger partial charge in [0.25, 0.3) is 5.91 Å². The second-order valence-corrected chi connectivity index (χ2v) is 6.85. The van der Waals surface area contributed by atoms with Crippen molar-refractivity contribution >= 4 is 51.1 Å². The zero-order valence-electron chi connectivity index (χ0n) is 14.2. The lowest BCUT2D eigenvalue weighted by atomic mass is 10.2. The number of hydrogen-bond acceptors (Lipinski definition) is 4. The van der Waals surface area contributed by atoms with Gasteiger partial charge in [0, 0.05) is 11.1 Å². The molecule has 1 amide bonds. The van der Waals surface area contributed by atoms with E-state index in [1.54, 1.807) is 42.5 Å². The number of thiazole rings is 1. The summed E-state index contributed by atoms with van der Waals surface area (Å²) in [7, 11) is 1.24. The smallest absolute Gasteiger partial charge is 0.325 e. The molecule has 0 bridgehead atoms. The van der Waals surface area contributed by atoms with Gasteiger partial charge in [0.1, 0.15) is 12.4 Å². The average Bonchev–Trinajstić information content (AvgIpc) is 2.99. The molecule has 1 aromatic heterocycles. The fourth-order valence-corrected chi connectivity index (χ4v) is 3.66. The zero-order chi connectivity index (χ0) is 19.4. The first-order valence-electron chi connectivity index (χ1n) is 7.85. The Morgan fingerprint density at radius 1 is 1.26 bits per heavy atom. The number of halogens is 2. The number of carbonyl (C=O) groups excluding carboxylic acids is 2. The molecule has 2 aromatic carbocycles. The number of fused-ring (bicyclic) bond motifs is 1. The van der Waals surface area contributed by atoms with Gasteiger partial charge in [-0.25, -0.2) is 4.39 Å². The molecule has 0 aliphatic carbocycles. The number of benzene rings is 2. The van der Waals surface area contributed by atoms with E-state index >= 15 is 0 Å². The molecule has 0 fully saturated rings. The van der Waals surface area contributed by atoms with E-state index in [0.29, 0.717) is 15.3 Å². The number of nitrogens with zero attached hydrogens (tertiary/aromatic N) is 2. The lowest BCUT2D eigenvalue weighted by Gasteiger charge is -2.03. The van der Waals surface area contributed by atoms with Crippen LogP contribution in [0.5, 0.6) is 0 Å². The predicted octanol–water partition coefficient (Wildman–Crippen LogP) is 3.81. The number of amides is 1. The largest absolute Gasteiger partial charge is 0.468 e. The minimum absolute atomic E-state index is 0.203. The van der Waals surface area contributed by atoms with E-state index in [-0.39, 0.29) is 16.9 Å². The van der Waals surface area contributed by atoms with E-state index in [2.05, 4.69) is 9.73 Å². The Morgan fingerprint density at radius 2 is 2.04 bits per heavy atom. The molecule has 0 saturated carbocycles. The standard InChI is InChI=1S/C19H14ClFN2O3S/c1-26-17(25)11-23-18-14(21)7-4-8-15(18)27-19(23)22-16(24)10-9-12-5-2-3-6-13(12)20/h2-10H,11H2,1H3/b10-9+,22-19?. The third-order valence-corrected chi connectivity index (χ3v) is 5.07. The van der Waals surface area contributed by atoms with E-state index < -0.39 is 17.7 Å². The van der Waals surface area contributed by atoms with Crippen molar-refractivity contribution in [1.82, 2.24) is 4.57 Å². The summed E-state index contributed by atoms with van der Waals surface area (Å²) in [5.41, 5.74) is 0.877. The summed E-state index contributed by atoms with van der Waals surface area (Å²) in [6.07, 6.45) is 2.82. The van der Waals surface area contributed by atoms with Gasteiger partial charge < -0.3 is 9.30 Å². The molecule has 138 valence electrons. The maximum atomic E-state index is 14.2. The van der Waals surface area contributed by atoms with Gasteiger partial charge in [0.15, 0.2) is 4.80 Å². The van der Waals surface area contributed by atoms with Gasteiger partial charge in [-0.2, -0.15) is 4.99 Å². The third-order valence-electron chi connectivity index (χ3n) is 3.68. The van der Waals surface area contributed by atoms with Crippen molar-refractivity contribution in [2.45, 2.75) is 6.54 Å². The molecule has 3 aromatic rings. The SMILES string of the molecule is COC(=O)Cn1c(=NC(=O)/C=C/c2ccccc2Cl)sc2cccc(F)c21. The summed E-state index contributed by atoms with van der Waals surface area (Å²) in [5, 5.41) is 0.506. The quantitative estimate of drug-likeness (QED) is 0.490. The maximum absolute atomic E-state index is 14.2. The fraction of sp³-hybridized carbons (Fsp3) is 0.105. The van der Waals surface area contributed by atoms with Gasteiger partial charge in [-0.3, -0.25) is 9.59 Å². The molecular weight excluding hydrogens is 391 g/mol. The summed E-state index contributed by atoms with van der Waals surface area (Å²) >= 11 is 7.16. The monoisotopic (exact) mass is 404 g/mol. The molecule has 0 aliphatic heterocycles. The lowest BCUT2D eigenvalue weighted by Crippen LogP contribution is -2.22. The van der Waals surface area contributed by atoms with E-state index in [1.807, 2.05) is 0 Å². The fourth-order valence-electron chi connectivity index (χ4n) is 2.42. The first-order valence-corrected chi connectivity index (χ1v) is 9.05. The molecule has 8 heteroatoms. The van der Waals surface area contributed by atoms with E-state index in [9.17, 15) is 14.0 Å². The Balaban J connectivity index is 2.03. The highest BCUT2D eigenvalue weighted by Crippen LogP contribution is 2.20. The number of ether oxygens (including phenoxy) is 1. The Labute approximate surface area is 163 Å². The van der Waals surface area contributed by atoms with Gasteiger partial charge in [0.05, 0.1) is 17.3 Å². The van der Waals surface area contributed by atoms with Crippen molar-refractivity contribution in [2.24, 2.45) is 4.99 Å². The molecule has 1 heterocycles. The van der Waals surface area contributed by atoms with Gasteiger partial charge in [-0.15, -0.1) is 0 Å². The third kappa shape index (κ3) is 4.32. The van der Waals surface area contributed by atoms with Crippen LogP contribution >= 0.6 is 22.9 Å². The van der Waals surface area contributed by atoms with Crippen molar-refractivity contribution in [3.05, 3.63) is 69.7 Å². The normalized spacial score (nSPS) is 12.0. The van der Waals surface area contributed by atoms with Crippen LogP contribution in [0.3, 0.4) is 0 Å². The number of carbonyl (C=O) groups is 2. The first kappa shape index (κ1) is 19.0. The highest BCUT2D eigenvalue weighted by atomic mass is 35.5. The van der Waals surface area contributed by atoms with Crippen molar-refractivity contribution in [1.29, 1.82) is 0 Å². The number of methoxy groups -OCH3 is 1. The zero-order valence-corrected chi connectivity index (χ0v) is 15.8. The van der Waals surface area contributed by atoms with Crippen LogP contribution in [0.2, 0.25) is 5.02 Å². The summed E-state index contributed by atoms with van der Waals surface area (Å²) in [4.78, 5) is 28.2. The topological polar surface area (TPSA) is 60.7 Å². The van der Waals surface area contributed by atoms with Crippen LogP contribution in [-0.4, -0.2) is 23.6 Å². The molecule has 3 rings (SSSR count). The van der Waals surface area contributed by atoms with Crippen LogP contribution in [0.25, 0.3) is 16.3 Å². The Bertz CT molecular complexity index is 1120. The molecule has 27 heavy (non-hydrogen) atoms. The van der Waals surface area contributed by atoms with E-state index in [4.69, 9.17) is 11.6 Å². The summed E-state index contributed by atoms with van der Waals surface area (Å²) in [5.74, 6) is -1.63. The van der Waals surface area contributed by atoms with Crippen LogP contribution < -0.4 is 4.80 Å². The maximum Gasteiger partial charge on any atom is 0.325 e. The summed E-state index contributed by atoms with van der Waals surface area (Å²) in [6, 6.07) is 11.6. The highest BCUT2D eigenvalue weighted by Gasteiger charge is 2.14. The van der Waals surface area contributed by atoms with Gasteiger partial charge >= 0.3 is 5.97 Å². The lowest BCUT2D eigenvalue weighted by molar-refractivity contribution is -0.141. The number of aromatic nitrogens is 1. The summed E-state index contributed by atoms with van der Waals surface area (Å²) in [6.45, 7) is -0.252. The van der Waals surface area contributed by atoms with Crippen molar-refractivity contribution in [3.63, 3.8) is 0 Å². The van der Waals surface area contributed by atoms with Crippen LogP contribution in [0, 0.1) is 5.82 Å². The molecule has 0 unspecified atom stereocenters. The number of esters is 1. The average molecular weight is 405 g/mol. The van der Waals surface area contributed by atoms with Crippen LogP contribution in [-0.2, 0) is 20.9 Å². The van der Waals surface area contributed by atoms with Gasteiger partial charge in [-0.1, -0.05) is 47.2 Å². The van der Waals surface area contributed by atoms with E-state index in [1.165, 1.54) is 23.8 Å². The van der Waals surface area contributed by atoms with E-state index in [0.717, 1.165) is 11.3 Å². The highest BCUT2D eigenvalue weighted by molar-refractivity contribution is 7.16. The molecule has 0 radical (unpaired) electrons. The molecule has 0 spiro atoms. The Hall–Kier alpha value is -2.77. The minimum Gasteiger partial charge on any atom is -0.468 e. The number of rotatable bonds is 4. The second kappa shape index (κ2) is 8.28. The predicted molar refractivity (Wildman–Crippen MR) is 103 cm³/mol. The van der Waals surface area contributed by atoms with Crippen molar-refractivity contribution in [2.75, 3.05) is 7.11 Å². The first-order chi connectivity index (χ1) is 13.0. The number of hydrogen-bond donors (Lipinski definition) is 0. The van der Waals surface area contributed by atoms with Crippen LogP contribution in [0.15, 0.2) is 53.5 Å². The molecule has 0 N–H and O–H groups in total. The Morgan fingerprint density at radius 3 is 2.78 bits per heavy atom. The van der Waals surface area contributed by atoms with Gasteiger partial charge in [0.2, 0.25) is 0 Å². The van der Waals surface area contributed by atoms with Crippen molar-refractivity contribution < 1.29 is 18.7 Å². The Kier molecular flexibility index (Phi) is 5.83. The molecule has 0 saturated heterocycles.